The van der Waals surface area contributed by atoms with Gasteiger partial charge in [0.05, 0.1) is 6.54 Å². The number of carbonyl (C=O) groups is 1. The minimum Gasteiger partial charge on any atom is -0.342 e. The van der Waals surface area contributed by atoms with Crippen molar-refractivity contribution in [3.05, 3.63) is 55.6 Å². The van der Waals surface area contributed by atoms with Gasteiger partial charge in [-0.25, -0.2) is 0 Å². The van der Waals surface area contributed by atoms with Crippen LogP contribution >= 0.6 is 11.3 Å². The van der Waals surface area contributed by atoms with Gasteiger partial charge in [-0.1, -0.05) is 6.07 Å². The molecule has 5 saturated carbocycles. The van der Waals surface area contributed by atoms with Crippen molar-refractivity contribution in [3.8, 4) is 0 Å². The molecule has 3 heterocycles. The van der Waals surface area contributed by atoms with Gasteiger partial charge < -0.3 is 9.47 Å². The molecule has 4 bridgehead atoms. The summed E-state index contributed by atoms with van der Waals surface area (Å²) in [6.45, 7) is 6.19. The molecule has 1 saturated heterocycles. The predicted octanol–water partition coefficient (Wildman–Crippen LogP) is 4.87. The number of piperazine rings is 1. The average molecular weight is 492 g/mol. The van der Waals surface area contributed by atoms with Crippen molar-refractivity contribution >= 4 is 17.2 Å². The topological polar surface area (TPSA) is 45.6 Å². The lowest BCUT2D eigenvalue weighted by Crippen LogP contribution is -2.64. The summed E-state index contributed by atoms with van der Waals surface area (Å²) in [6.07, 6.45) is 10.7. The molecule has 5 aliphatic carbocycles. The minimum absolute atomic E-state index is 0.0259. The van der Waals surface area contributed by atoms with Crippen LogP contribution in [0, 0.1) is 24.7 Å². The summed E-state index contributed by atoms with van der Waals surface area (Å²) in [6, 6.07) is 5.91. The first-order valence-corrected chi connectivity index (χ1v) is 14.7. The van der Waals surface area contributed by atoms with Crippen LogP contribution < -0.4 is 5.43 Å². The van der Waals surface area contributed by atoms with Crippen LogP contribution in [0.15, 0.2) is 28.4 Å². The molecule has 1 amide bonds. The summed E-state index contributed by atoms with van der Waals surface area (Å²) in [5.74, 6) is 3.14. The molecule has 0 aromatic carbocycles. The fourth-order valence-corrected chi connectivity index (χ4v) is 9.24. The number of hydrogen-bond donors (Lipinski definition) is 0. The van der Waals surface area contributed by atoms with Crippen LogP contribution in [0.1, 0.15) is 83.9 Å². The number of aryl methyl sites for hydroxylation is 1. The van der Waals surface area contributed by atoms with E-state index >= 15 is 0 Å². The summed E-state index contributed by atoms with van der Waals surface area (Å²) >= 11 is 1.74. The molecule has 1 aliphatic heterocycles. The summed E-state index contributed by atoms with van der Waals surface area (Å²) < 4.78 is 2.25. The van der Waals surface area contributed by atoms with Crippen LogP contribution in [0.3, 0.4) is 0 Å². The van der Waals surface area contributed by atoms with E-state index in [2.05, 4.69) is 27.0 Å². The molecule has 6 aliphatic rings. The average Bonchev–Trinajstić information content (AvgIpc) is 3.54. The van der Waals surface area contributed by atoms with Gasteiger partial charge in [-0.2, -0.15) is 0 Å². The van der Waals surface area contributed by atoms with Crippen LogP contribution in [0.25, 0.3) is 0 Å². The Balaban J connectivity index is 1.13. The third-order valence-corrected chi connectivity index (χ3v) is 10.7. The van der Waals surface area contributed by atoms with E-state index in [0.717, 1.165) is 74.7 Å². The lowest BCUT2D eigenvalue weighted by Gasteiger charge is -2.61. The summed E-state index contributed by atoms with van der Waals surface area (Å²) in [5.41, 5.74) is 2.74. The Bertz CT molecular complexity index is 1150. The van der Waals surface area contributed by atoms with Gasteiger partial charge in [0.1, 0.15) is 5.56 Å². The molecule has 2 aromatic rings. The van der Waals surface area contributed by atoms with Crippen molar-refractivity contribution in [1.82, 2.24) is 14.4 Å². The highest BCUT2D eigenvalue weighted by atomic mass is 32.1. The number of carbonyl (C=O) groups excluding carboxylic acids is 1. The Morgan fingerprint density at radius 1 is 1.03 bits per heavy atom. The SMILES string of the molecule is Cc1cc(=O)c(C(=O)N2CCN(C34CC5CC(CC(C5)C3)C4)CC2)c(C2CC2)n1Cc1cccs1. The molecule has 6 fully saturated rings. The van der Waals surface area contributed by atoms with Crippen molar-refractivity contribution in [2.45, 2.75) is 76.3 Å². The zero-order valence-electron chi connectivity index (χ0n) is 20.9. The van der Waals surface area contributed by atoms with Gasteiger partial charge >= 0.3 is 0 Å². The Morgan fingerprint density at radius 2 is 1.69 bits per heavy atom. The summed E-state index contributed by atoms with van der Waals surface area (Å²) in [4.78, 5) is 33.2. The second kappa shape index (κ2) is 8.31. The molecule has 0 unspecified atom stereocenters. The molecule has 35 heavy (non-hydrogen) atoms. The number of nitrogens with zero attached hydrogens (tertiary/aromatic N) is 3. The molecule has 0 atom stereocenters. The molecule has 2 aromatic heterocycles. The molecule has 8 rings (SSSR count). The Morgan fingerprint density at radius 3 is 2.26 bits per heavy atom. The first-order chi connectivity index (χ1) is 17.0. The van der Waals surface area contributed by atoms with Crippen LogP contribution in [-0.4, -0.2) is 52.0 Å². The quantitative estimate of drug-likeness (QED) is 0.599. The van der Waals surface area contributed by atoms with Gasteiger partial charge in [0.2, 0.25) is 0 Å². The normalized spacial score (nSPS) is 32.4. The fraction of sp³-hybridized carbons (Fsp3) is 0.655. The first kappa shape index (κ1) is 22.3. The van der Waals surface area contributed by atoms with Gasteiger partial charge in [0.15, 0.2) is 5.43 Å². The zero-order valence-corrected chi connectivity index (χ0v) is 21.7. The Kier molecular flexibility index (Phi) is 5.29. The number of thiophene rings is 1. The van der Waals surface area contributed by atoms with Crippen molar-refractivity contribution in [2.24, 2.45) is 17.8 Å². The van der Waals surface area contributed by atoms with Crippen LogP contribution in [0.2, 0.25) is 0 Å². The largest absolute Gasteiger partial charge is 0.342 e. The van der Waals surface area contributed by atoms with Crippen LogP contribution in [0.5, 0.6) is 0 Å². The van der Waals surface area contributed by atoms with E-state index < -0.39 is 0 Å². The van der Waals surface area contributed by atoms with Crippen LogP contribution in [-0.2, 0) is 6.54 Å². The molecular weight excluding hydrogens is 454 g/mol. The molecular formula is C29H37N3O2S. The molecule has 0 N–H and O–H groups in total. The molecule has 6 heteroatoms. The second-order valence-electron chi connectivity index (χ2n) is 12.3. The second-order valence-corrected chi connectivity index (χ2v) is 13.3. The number of rotatable bonds is 5. The number of pyridine rings is 1. The van der Waals surface area contributed by atoms with Gasteiger partial charge in [-0.3, -0.25) is 14.5 Å². The highest BCUT2D eigenvalue weighted by molar-refractivity contribution is 7.09. The molecule has 186 valence electrons. The van der Waals surface area contributed by atoms with Gasteiger partial charge in [-0.05, 0) is 87.5 Å². The maximum absolute atomic E-state index is 13.9. The van der Waals surface area contributed by atoms with E-state index in [1.54, 1.807) is 17.4 Å². The molecule has 5 nitrogen and oxygen atoms in total. The van der Waals surface area contributed by atoms with E-state index in [-0.39, 0.29) is 11.3 Å². The summed E-state index contributed by atoms with van der Waals surface area (Å²) in [5, 5.41) is 2.10. The third-order valence-electron chi connectivity index (χ3n) is 9.87. The number of hydrogen-bond acceptors (Lipinski definition) is 4. The number of aromatic nitrogens is 1. The first-order valence-electron chi connectivity index (χ1n) is 13.8. The van der Waals surface area contributed by atoms with Crippen molar-refractivity contribution in [1.29, 1.82) is 0 Å². The lowest BCUT2D eigenvalue weighted by molar-refractivity contribution is -0.0987. The Hall–Kier alpha value is -1.92. The molecule has 0 spiro atoms. The molecule has 0 radical (unpaired) electrons. The highest BCUT2D eigenvalue weighted by Crippen LogP contribution is 2.57. The van der Waals surface area contributed by atoms with Crippen LogP contribution in [0.4, 0.5) is 0 Å². The maximum atomic E-state index is 13.9. The van der Waals surface area contributed by atoms with Crippen molar-refractivity contribution < 1.29 is 4.79 Å². The highest BCUT2D eigenvalue weighted by Gasteiger charge is 2.53. The van der Waals surface area contributed by atoms with Crippen molar-refractivity contribution in [3.63, 3.8) is 0 Å². The fourth-order valence-electron chi connectivity index (χ4n) is 8.55. The summed E-state index contributed by atoms with van der Waals surface area (Å²) in [7, 11) is 0. The monoisotopic (exact) mass is 491 g/mol. The van der Waals surface area contributed by atoms with Gasteiger partial charge in [-0.15, -0.1) is 11.3 Å². The van der Waals surface area contributed by atoms with E-state index in [1.165, 1.54) is 43.4 Å². The van der Waals surface area contributed by atoms with Gasteiger partial charge in [0, 0.05) is 60.0 Å². The lowest BCUT2D eigenvalue weighted by atomic mass is 9.52. The van der Waals surface area contributed by atoms with Gasteiger partial charge in [0.25, 0.3) is 5.91 Å². The van der Waals surface area contributed by atoms with E-state index in [0.29, 0.717) is 17.0 Å². The van der Waals surface area contributed by atoms with Crippen molar-refractivity contribution in [2.75, 3.05) is 26.2 Å². The zero-order chi connectivity index (χ0) is 23.7. The van der Waals surface area contributed by atoms with E-state index in [1.807, 2.05) is 11.8 Å². The number of amides is 1. The van der Waals surface area contributed by atoms with E-state index in [9.17, 15) is 9.59 Å². The standard InChI is InChI=1S/C29H37N3O2S/c1-19-11-25(33)26(27(23-4-5-23)32(19)18-24-3-2-10-35-24)28(34)30-6-8-31(9-7-30)29-15-20-12-21(16-29)14-22(13-20)17-29/h2-3,10-11,20-23H,4-9,12-18H2,1H3. The predicted molar refractivity (Wildman–Crippen MR) is 139 cm³/mol. The third kappa shape index (κ3) is 3.83. The minimum atomic E-state index is -0.0830. The smallest absolute Gasteiger partial charge is 0.259 e. The van der Waals surface area contributed by atoms with E-state index in [4.69, 9.17) is 0 Å². The Labute approximate surface area is 212 Å². The maximum Gasteiger partial charge on any atom is 0.259 e.